The third-order valence-electron chi connectivity index (χ3n) is 3.72. The lowest BCUT2D eigenvalue weighted by Crippen LogP contribution is -2.34. The van der Waals surface area contributed by atoms with E-state index in [1.807, 2.05) is 0 Å². The van der Waals surface area contributed by atoms with E-state index in [2.05, 4.69) is 6.92 Å². The van der Waals surface area contributed by atoms with Crippen molar-refractivity contribution in [2.75, 3.05) is 6.54 Å². The summed E-state index contributed by atoms with van der Waals surface area (Å²) >= 11 is 0. The molecule has 0 amide bonds. The molecule has 0 rings (SSSR count). The average Bonchev–Trinajstić information content (AvgIpc) is 2.50. The topological polar surface area (TPSA) is 95.4 Å². The Morgan fingerprint density at radius 1 is 0.909 bits per heavy atom. The second-order valence-corrected chi connectivity index (χ2v) is 5.91. The van der Waals surface area contributed by atoms with E-state index in [9.17, 15) is 9.59 Å². The monoisotopic (exact) mass is 314 g/mol. The summed E-state index contributed by atoms with van der Waals surface area (Å²) in [6.07, 6.45) is 12.1. The number of ether oxygens (including phenoxy) is 1. The zero-order chi connectivity index (χ0) is 16.6. The van der Waals surface area contributed by atoms with Crippen molar-refractivity contribution in [1.29, 1.82) is 0 Å². The van der Waals surface area contributed by atoms with Crippen molar-refractivity contribution in [3.63, 3.8) is 0 Å². The van der Waals surface area contributed by atoms with Crippen molar-refractivity contribution in [3.8, 4) is 0 Å². The minimum Gasteiger partial charge on any atom is -0.392 e. The fourth-order valence-electron chi connectivity index (χ4n) is 2.27. The zero-order valence-electron chi connectivity index (χ0n) is 14.1. The van der Waals surface area contributed by atoms with Crippen LogP contribution in [-0.4, -0.2) is 24.5 Å². The van der Waals surface area contributed by atoms with E-state index in [0.29, 0.717) is 25.8 Å². The standard InChI is InChI=1S/C17H34N2O3/c1-2-3-4-5-6-7-8-9-10-13-16(20)22-17(21)15(19)12-11-14-18/h15H,2-14,18-19H2,1H3/t15-/m1/s1. The van der Waals surface area contributed by atoms with E-state index < -0.39 is 18.0 Å². The second kappa shape index (κ2) is 15.0. The summed E-state index contributed by atoms with van der Waals surface area (Å²) in [5.41, 5.74) is 11.0. The molecule has 0 unspecified atom stereocenters. The molecule has 0 aromatic rings. The fraction of sp³-hybridized carbons (Fsp3) is 0.882. The van der Waals surface area contributed by atoms with Gasteiger partial charge in [0.1, 0.15) is 6.04 Å². The van der Waals surface area contributed by atoms with Crippen molar-refractivity contribution < 1.29 is 14.3 Å². The van der Waals surface area contributed by atoms with E-state index >= 15 is 0 Å². The number of carbonyl (C=O) groups is 2. The largest absolute Gasteiger partial charge is 0.392 e. The van der Waals surface area contributed by atoms with Crippen LogP contribution in [0.3, 0.4) is 0 Å². The molecule has 0 aliphatic carbocycles. The Labute approximate surface area is 135 Å². The van der Waals surface area contributed by atoms with Gasteiger partial charge in [0.15, 0.2) is 0 Å². The van der Waals surface area contributed by atoms with Gasteiger partial charge in [-0.05, 0) is 25.8 Å². The van der Waals surface area contributed by atoms with Gasteiger partial charge in [-0.3, -0.25) is 4.79 Å². The number of unbranched alkanes of at least 4 members (excludes halogenated alkanes) is 8. The number of hydrogen-bond acceptors (Lipinski definition) is 5. The summed E-state index contributed by atoms with van der Waals surface area (Å²) < 4.78 is 4.74. The minimum atomic E-state index is -0.740. The fourth-order valence-corrected chi connectivity index (χ4v) is 2.27. The normalized spacial score (nSPS) is 12.1. The van der Waals surface area contributed by atoms with Gasteiger partial charge >= 0.3 is 11.9 Å². The molecule has 130 valence electrons. The number of nitrogens with two attached hydrogens (primary N) is 2. The minimum absolute atomic E-state index is 0.297. The lowest BCUT2D eigenvalue weighted by Gasteiger charge is -2.09. The van der Waals surface area contributed by atoms with Gasteiger partial charge in [-0.15, -0.1) is 0 Å². The molecule has 0 aliphatic heterocycles. The number of carbonyl (C=O) groups excluding carboxylic acids is 2. The highest BCUT2D eigenvalue weighted by molar-refractivity contribution is 5.88. The van der Waals surface area contributed by atoms with E-state index in [1.54, 1.807) is 0 Å². The highest BCUT2D eigenvalue weighted by Gasteiger charge is 2.17. The summed E-state index contributed by atoms with van der Waals surface area (Å²) in [5.74, 6) is -1.09. The first kappa shape index (κ1) is 21.1. The lowest BCUT2D eigenvalue weighted by atomic mass is 10.1. The summed E-state index contributed by atoms with van der Waals surface area (Å²) in [6, 6.07) is -0.740. The van der Waals surface area contributed by atoms with Gasteiger partial charge in [0.25, 0.3) is 0 Å². The van der Waals surface area contributed by atoms with E-state index in [4.69, 9.17) is 16.2 Å². The maximum absolute atomic E-state index is 11.5. The summed E-state index contributed by atoms with van der Waals surface area (Å²) in [4.78, 5) is 23.0. The van der Waals surface area contributed by atoms with Gasteiger partial charge in [0.2, 0.25) is 0 Å². The Morgan fingerprint density at radius 2 is 1.45 bits per heavy atom. The van der Waals surface area contributed by atoms with Crippen molar-refractivity contribution in [2.24, 2.45) is 11.5 Å². The van der Waals surface area contributed by atoms with Crippen LogP contribution >= 0.6 is 0 Å². The van der Waals surface area contributed by atoms with Crippen LogP contribution in [0, 0.1) is 0 Å². The SMILES string of the molecule is CCCCCCCCCCCC(=O)OC(=O)[C@H](N)CCCN. The molecule has 0 spiro atoms. The molecule has 4 N–H and O–H groups in total. The molecule has 22 heavy (non-hydrogen) atoms. The third kappa shape index (κ3) is 12.8. The van der Waals surface area contributed by atoms with E-state index in [1.165, 1.54) is 38.5 Å². The molecule has 0 radical (unpaired) electrons. The Bertz CT molecular complexity index is 296. The Hall–Kier alpha value is -0.940. The number of hydrogen-bond donors (Lipinski definition) is 2. The second-order valence-electron chi connectivity index (χ2n) is 5.91. The number of rotatable bonds is 14. The molecule has 0 bridgehead atoms. The van der Waals surface area contributed by atoms with Crippen LogP contribution in [0.2, 0.25) is 0 Å². The molecular formula is C17H34N2O3. The van der Waals surface area contributed by atoms with Crippen molar-refractivity contribution in [2.45, 2.75) is 90.0 Å². The first-order chi connectivity index (χ1) is 10.6. The highest BCUT2D eigenvalue weighted by Crippen LogP contribution is 2.11. The maximum atomic E-state index is 11.5. The van der Waals surface area contributed by atoms with Gasteiger partial charge in [-0.1, -0.05) is 58.3 Å². The van der Waals surface area contributed by atoms with Gasteiger partial charge in [0, 0.05) is 6.42 Å². The highest BCUT2D eigenvalue weighted by atomic mass is 16.6. The predicted octanol–water partition coefficient (Wildman–Crippen LogP) is 3.04. The first-order valence-electron chi connectivity index (χ1n) is 8.82. The van der Waals surface area contributed by atoms with Crippen LogP contribution in [-0.2, 0) is 14.3 Å². The summed E-state index contributed by atoms with van der Waals surface area (Å²) in [5, 5.41) is 0. The molecular weight excluding hydrogens is 280 g/mol. The summed E-state index contributed by atoms with van der Waals surface area (Å²) in [7, 11) is 0. The van der Waals surface area contributed by atoms with Gasteiger partial charge in [0.05, 0.1) is 0 Å². The lowest BCUT2D eigenvalue weighted by molar-refractivity contribution is -0.160. The third-order valence-corrected chi connectivity index (χ3v) is 3.72. The van der Waals surface area contributed by atoms with Gasteiger partial charge in [-0.25, -0.2) is 4.79 Å². The van der Waals surface area contributed by atoms with Crippen LogP contribution in [0.25, 0.3) is 0 Å². The van der Waals surface area contributed by atoms with Crippen LogP contribution in [0.4, 0.5) is 0 Å². The van der Waals surface area contributed by atoms with Crippen LogP contribution in [0.15, 0.2) is 0 Å². The van der Waals surface area contributed by atoms with Crippen LogP contribution < -0.4 is 11.5 Å². The Balaban J connectivity index is 3.47. The molecule has 0 heterocycles. The van der Waals surface area contributed by atoms with Gasteiger partial charge < -0.3 is 16.2 Å². The molecule has 5 nitrogen and oxygen atoms in total. The molecule has 0 saturated heterocycles. The van der Waals surface area contributed by atoms with Crippen LogP contribution in [0.5, 0.6) is 0 Å². The van der Waals surface area contributed by atoms with Crippen LogP contribution in [0.1, 0.15) is 84.0 Å². The smallest absolute Gasteiger partial charge is 0.330 e. The molecule has 1 atom stereocenters. The predicted molar refractivity (Wildman–Crippen MR) is 89.2 cm³/mol. The van der Waals surface area contributed by atoms with Crippen molar-refractivity contribution in [3.05, 3.63) is 0 Å². The first-order valence-corrected chi connectivity index (χ1v) is 8.82. The van der Waals surface area contributed by atoms with E-state index in [-0.39, 0.29) is 0 Å². The number of esters is 2. The van der Waals surface area contributed by atoms with E-state index in [0.717, 1.165) is 19.3 Å². The maximum Gasteiger partial charge on any atom is 0.330 e. The summed E-state index contributed by atoms with van der Waals surface area (Å²) in [6.45, 7) is 2.70. The zero-order valence-corrected chi connectivity index (χ0v) is 14.1. The Kier molecular flexibility index (Phi) is 14.3. The molecule has 0 aromatic carbocycles. The Morgan fingerprint density at radius 3 is 2.00 bits per heavy atom. The molecule has 0 aliphatic rings. The molecule has 5 heteroatoms. The van der Waals surface area contributed by atoms with Crippen molar-refractivity contribution >= 4 is 11.9 Å². The average molecular weight is 314 g/mol. The molecule has 0 saturated carbocycles. The molecule has 0 aromatic heterocycles. The quantitative estimate of drug-likeness (QED) is 0.292. The van der Waals surface area contributed by atoms with Gasteiger partial charge in [-0.2, -0.15) is 0 Å². The van der Waals surface area contributed by atoms with Crippen molar-refractivity contribution in [1.82, 2.24) is 0 Å². The molecule has 0 fully saturated rings.